The minimum atomic E-state index is 0.0691. The maximum absolute atomic E-state index is 5.94. The van der Waals surface area contributed by atoms with Gasteiger partial charge in [-0.25, -0.2) is 0 Å². The second-order valence-corrected chi connectivity index (χ2v) is 5.45. The number of hydrogen-bond donors (Lipinski definition) is 0. The zero-order valence-electron chi connectivity index (χ0n) is 10.7. The van der Waals surface area contributed by atoms with E-state index in [1.807, 2.05) is 12.1 Å². The Bertz CT molecular complexity index is 511. The molecule has 0 aliphatic carbocycles. The largest absolute Gasteiger partial charge is 0.461 e. The van der Waals surface area contributed by atoms with Crippen molar-refractivity contribution < 1.29 is 4.42 Å². The molecule has 0 fully saturated rings. The first-order valence-corrected chi connectivity index (χ1v) is 6.70. The number of alkyl halides is 1. The zero-order valence-corrected chi connectivity index (χ0v) is 11.5. The van der Waals surface area contributed by atoms with Gasteiger partial charge in [-0.2, -0.15) is 0 Å². The Kier molecular flexibility index (Phi) is 3.48. The standard InChI is InChI=1S/C15H19ClO/c1-4-12-14(15(2,3)9-10-16)11-7-5-6-8-13(11)17-12/h5-8H,4,9-10H2,1-3H3. The van der Waals surface area contributed by atoms with Gasteiger partial charge in [0.15, 0.2) is 0 Å². The molecule has 0 radical (unpaired) electrons. The highest BCUT2D eigenvalue weighted by molar-refractivity contribution is 6.17. The van der Waals surface area contributed by atoms with Crippen LogP contribution in [0.3, 0.4) is 0 Å². The first-order chi connectivity index (χ1) is 8.10. The smallest absolute Gasteiger partial charge is 0.134 e. The summed E-state index contributed by atoms with van der Waals surface area (Å²) in [6, 6.07) is 8.26. The molecular weight excluding hydrogens is 232 g/mol. The van der Waals surface area contributed by atoms with Crippen molar-refractivity contribution in [2.45, 2.75) is 39.0 Å². The number of para-hydroxylation sites is 1. The third-order valence-electron chi connectivity index (χ3n) is 3.39. The number of aryl methyl sites for hydroxylation is 1. The van der Waals surface area contributed by atoms with Crippen LogP contribution in [-0.2, 0) is 11.8 Å². The van der Waals surface area contributed by atoms with Crippen LogP contribution in [0.1, 0.15) is 38.5 Å². The highest BCUT2D eigenvalue weighted by Crippen LogP contribution is 2.38. The first kappa shape index (κ1) is 12.5. The maximum Gasteiger partial charge on any atom is 0.134 e. The van der Waals surface area contributed by atoms with Crippen LogP contribution in [0, 0.1) is 0 Å². The SMILES string of the molecule is CCc1oc2ccccc2c1C(C)(C)CCCl. The monoisotopic (exact) mass is 250 g/mol. The molecule has 0 spiro atoms. The van der Waals surface area contributed by atoms with E-state index in [4.69, 9.17) is 16.0 Å². The fraction of sp³-hybridized carbons (Fsp3) is 0.467. The van der Waals surface area contributed by atoms with Gasteiger partial charge < -0.3 is 4.42 Å². The number of furan rings is 1. The number of rotatable bonds is 4. The summed E-state index contributed by atoms with van der Waals surface area (Å²) in [6.45, 7) is 6.62. The molecule has 0 aliphatic rings. The minimum absolute atomic E-state index is 0.0691. The lowest BCUT2D eigenvalue weighted by Crippen LogP contribution is -2.19. The maximum atomic E-state index is 5.94. The van der Waals surface area contributed by atoms with Gasteiger partial charge in [0, 0.05) is 23.3 Å². The van der Waals surface area contributed by atoms with Gasteiger partial charge >= 0.3 is 0 Å². The number of fused-ring (bicyclic) bond motifs is 1. The lowest BCUT2D eigenvalue weighted by atomic mass is 9.80. The lowest BCUT2D eigenvalue weighted by Gasteiger charge is -2.24. The zero-order chi connectivity index (χ0) is 12.5. The van der Waals surface area contributed by atoms with Gasteiger partial charge in [-0.3, -0.25) is 0 Å². The third kappa shape index (κ3) is 2.21. The lowest BCUT2D eigenvalue weighted by molar-refractivity contribution is 0.476. The van der Waals surface area contributed by atoms with E-state index in [0.717, 1.165) is 24.2 Å². The van der Waals surface area contributed by atoms with E-state index in [1.54, 1.807) is 0 Å². The molecule has 0 aliphatic heterocycles. The summed E-state index contributed by atoms with van der Waals surface area (Å²) in [5, 5.41) is 1.24. The third-order valence-corrected chi connectivity index (χ3v) is 3.57. The first-order valence-electron chi connectivity index (χ1n) is 6.17. The molecule has 0 N–H and O–H groups in total. The van der Waals surface area contributed by atoms with Gasteiger partial charge in [-0.15, -0.1) is 11.6 Å². The van der Waals surface area contributed by atoms with Crippen LogP contribution in [0.4, 0.5) is 0 Å². The van der Waals surface area contributed by atoms with Gasteiger partial charge in [-0.1, -0.05) is 39.0 Å². The second kappa shape index (κ2) is 4.73. The summed E-state index contributed by atoms with van der Waals surface area (Å²) in [7, 11) is 0. The average molecular weight is 251 g/mol. The molecule has 2 aromatic rings. The molecule has 92 valence electrons. The van der Waals surface area contributed by atoms with Crippen LogP contribution < -0.4 is 0 Å². The summed E-state index contributed by atoms with van der Waals surface area (Å²) >= 11 is 5.92. The van der Waals surface area contributed by atoms with E-state index in [-0.39, 0.29) is 5.41 Å². The second-order valence-electron chi connectivity index (χ2n) is 5.07. The van der Waals surface area contributed by atoms with Gasteiger partial charge in [0.25, 0.3) is 0 Å². The Hall–Kier alpha value is -0.950. The van der Waals surface area contributed by atoms with Gasteiger partial charge in [0.05, 0.1) is 0 Å². The molecule has 0 unspecified atom stereocenters. The Balaban J connectivity index is 2.65. The highest BCUT2D eigenvalue weighted by atomic mass is 35.5. The van der Waals surface area contributed by atoms with Crippen LogP contribution in [-0.4, -0.2) is 5.88 Å². The fourth-order valence-electron chi connectivity index (χ4n) is 2.45. The van der Waals surface area contributed by atoms with E-state index < -0.39 is 0 Å². The Morgan fingerprint density at radius 3 is 2.59 bits per heavy atom. The summed E-state index contributed by atoms with van der Waals surface area (Å²) in [5.41, 5.74) is 2.39. The molecule has 1 aromatic carbocycles. The van der Waals surface area contributed by atoms with Crippen LogP contribution in [0.2, 0.25) is 0 Å². The van der Waals surface area contributed by atoms with Crippen LogP contribution >= 0.6 is 11.6 Å². The van der Waals surface area contributed by atoms with Crippen molar-refractivity contribution in [2.75, 3.05) is 5.88 Å². The van der Waals surface area contributed by atoms with E-state index in [2.05, 4.69) is 32.9 Å². The van der Waals surface area contributed by atoms with Crippen molar-refractivity contribution >= 4 is 22.6 Å². The number of halogens is 1. The van der Waals surface area contributed by atoms with E-state index >= 15 is 0 Å². The van der Waals surface area contributed by atoms with Crippen molar-refractivity contribution in [1.82, 2.24) is 0 Å². The normalized spacial score (nSPS) is 12.2. The predicted octanol–water partition coefficient (Wildman–Crippen LogP) is 4.90. The number of benzene rings is 1. The van der Waals surface area contributed by atoms with Crippen molar-refractivity contribution in [3.05, 3.63) is 35.6 Å². The van der Waals surface area contributed by atoms with Crippen LogP contribution in [0.25, 0.3) is 11.0 Å². The molecule has 17 heavy (non-hydrogen) atoms. The fourth-order valence-corrected chi connectivity index (χ4v) is 2.92. The molecule has 2 heteroatoms. The topological polar surface area (TPSA) is 13.1 Å². The summed E-state index contributed by atoms with van der Waals surface area (Å²) in [4.78, 5) is 0. The minimum Gasteiger partial charge on any atom is -0.461 e. The van der Waals surface area contributed by atoms with Crippen LogP contribution in [0.15, 0.2) is 28.7 Å². The molecule has 0 saturated heterocycles. The molecule has 0 atom stereocenters. The Morgan fingerprint density at radius 2 is 1.94 bits per heavy atom. The average Bonchev–Trinajstić information content (AvgIpc) is 2.67. The predicted molar refractivity (Wildman–Crippen MR) is 74.0 cm³/mol. The quantitative estimate of drug-likeness (QED) is 0.704. The van der Waals surface area contributed by atoms with Crippen molar-refractivity contribution in [1.29, 1.82) is 0 Å². The molecule has 0 bridgehead atoms. The Morgan fingerprint density at radius 1 is 1.24 bits per heavy atom. The van der Waals surface area contributed by atoms with Crippen LogP contribution in [0.5, 0.6) is 0 Å². The van der Waals surface area contributed by atoms with Crippen molar-refractivity contribution in [3.8, 4) is 0 Å². The van der Waals surface area contributed by atoms with E-state index in [1.165, 1.54) is 10.9 Å². The van der Waals surface area contributed by atoms with Gasteiger partial charge in [-0.05, 0) is 17.9 Å². The molecule has 2 rings (SSSR count). The highest BCUT2D eigenvalue weighted by Gasteiger charge is 2.27. The van der Waals surface area contributed by atoms with Gasteiger partial charge in [0.2, 0.25) is 0 Å². The Labute approximate surface area is 108 Å². The van der Waals surface area contributed by atoms with Gasteiger partial charge in [0.1, 0.15) is 11.3 Å². The van der Waals surface area contributed by atoms with Crippen molar-refractivity contribution in [2.24, 2.45) is 0 Å². The van der Waals surface area contributed by atoms with E-state index in [9.17, 15) is 0 Å². The molecule has 1 nitrogen and oxygen atoms in total. The molecular formula is C15H19ClO. The molecule has 1 heterocycles. The molecule has 0 saturated carbocycles. The summed E-state index contributed by atoms with van der Waals surface area (Å²) in [6.07, 6.45) is 1.89. The summed E-state index contributed by atoms with van der Waals surface area (Å²) in [5.74, 6) is 1.77. The molecule has 0 amide bonds. The summed E-state index contributed by atoms with van der Waals surface area (Å²) < 4.78 is 5.94. The van der Waals surface area contributed by atoms with E-state index in [0.29, 0.717) is 5.88 Å². The number of hydrogen-bond acceptors (Lipinski definition) is 1. The molecule has 1 aromatic heterocycles. The van der Waals surface area contributed by atoms with Crippen molar-refractivity contribution in [3.63, 3.8) is 0 Å².